The molecule has 1 aliphatic carbocycles. The van der Waals surface area contributed by atoms with E-state index in [1.807, 2.05) is 0 Å². The lowest BCUT2D eigenvalue weighted by Crippen LogP contribution is -2.44. The van der Waals surface area contributed by atoms with E-state index in [-0.39, 0.29) is 11.5 Å². The predicted octanol–water partition coefficient (Wildman–Crippen LogP) is 4.26. The van der Waals surface area contributed by atoms with Crippen LogP contribution in [0.2, 0.25) is 0 Å². The topological polar surface area (TPSA) is 88.8 Å². The first kappa shape index (κ1) is 25.6. The maximum Gasteiger partial charge on any atom is 0.254 e. The molecule has 1 aromatic heterocycles. The monoisotopic (exact) mass is 508 g/mol. The molecule has 0 bridgehead atoms. The Morgan fingerprint density at radius 1 is 1.11 bits per heavy atom. The van der Waals surface area contributed by atoms with E-state index in [1.54, 1.807) is 30.5 Å². The summed E-state index contributed by atoms with van der Waals surface area (Å²) >= 11 is 0. The van der Waals surface area contributed by atoms with Crippen LogP contribution in [0.1, 0.15) is 62.2 Å². The summed E-state index contributed by atoms with van der Waals surface area (Å²) in [5, 5.41) is 0. The number of aromatic nitrogens is 1. The van der Waals surface area contributed by atoms with E-state index in [2.05, 4.69) is 16.8 Å². The van der Waals surface area contributed by atoms with Gasteiger partial charge in [0.05, 0.1) is 6.61 Å². The van der Waals surface area contributed by atoms with Crippen LogP contribution in [0.25, 0.3) is 11.1 Å². The number of hydrogen-bond donors (Lipinski definition) is 1. The van der Waals surface area contributed by atoms with Crippen molar-refractivity contribution in [2.75, 3.05) is 32.8 Å². The van der Waals surface area contributed by atoms with Gasteiger partial charge in [0.2, 0.25) is 11.8 Å². The number of amides is 2. The third-order valence-electron chi connectivity index (χ3n) is 8.45. The fourth-order valence-electron chi connectivity index (χ4n) is 5.97. The highest BCUT2D eigenvalue weighted by atomic mass is 19.1. The molecular formula is C29H37FN4O3. The Kier molecular flexibility index (Phi) is 7.47. The Hall–Kier alpha value is -3.00. The lowest BCUT2D eigenvalue weighted by Gasteiger charge is -2.44. The van der Waals surface area contributed by atoms with E-state index < -0.39 is 17.8 Å². The SMILES string of the molecule is CC1(CN2CCC(COc3ccc(-c4ccc(C(=O)N5CCCC5C(N)=O)cc4F)cn3)CC2)CCC1. The van der Waals surface area contributed by atoms with E-state index in [4.69, 9.17) is 10.5 Å². The van der Waals surface area contributed by atoms with Crippen LogP contribution in [-0.4, -0.2) is 65.4 Å². The zero-order valence-corrected chi connectivity index (χ0v) is 21.6. The molecule has 0 radical (unpaired) electrons. The molecule has 1 atom stereocenters. The minimum Gasteiger partial charge on any atom is -0.477 e. The molecule has 1 aromatic carbocycles. The Balaban J connectivity index is 1.14. The van der Waals surface area contributed by atoms with Crippen molar-refractivity contribution in [2.24, 2.45) is 17.1 Å². The quantitative estimate of drug-likeness (QED) is 0.576. The number of rotatable bonds is 8. The standard InChI is InChI=1S/C29H37FN4O3/c1-29(11-3-12-29)19-33-14-9-20(10-15-33)18-37-26-8-6-22(17-32-26)23-7-5-21(16-24(23)30)28(36)34-13-2-4-25(34)27(31)35/h5-8,16-17,20,25H,2-4,9-15,18-19H2,1H3,(H2,31,35). The lowest BCUT2D eigenvalue weighted by molar-refractivity contribution is -0.121. The van der Waals surface area contributed by atoms with Crippen molar-refractivity contribution in [3.05, 3.63) is 47.9 Å². The summed E-state index contributed by atoms with van der Waals surface area (Å²) in [4.78, 5) is 32.9. The van der Waals surface area contributed by atoms with Gasteiger partial charge in [-0.2, -0.15) is 0 Å². The third kappa shape index (κ3) is 5.79. The van der Waals surface area contributed by atoms with Gasteiger partial charge in [-0.3, -0.25) is 9.59 Å². The predicted molar refractivity (Wildman–Crippen MR) is 140 cm³/mol. The van der Waals surface area contributed by atoms with Crippen LogP contribution in [0, 0.1) is 17.2 Å². The Morgan fingerprint density at radius 2 is 1.89 bits per heavy atom. The van der Waals surface area contributed by atoms with Crippen LogP contribution >= 0.6 is 0 Å². The first-order chi connectivity index (χ1) is 17.8. The van der Waals surface area contributed by atoms with Crippen molar-refractivity contribution in [1.82, 2.24) is 14.8 Å². The number of pyridine rings is 1. The van der Waals surface area contributed by atoms with Gasteiger partial charge in [-0.25, -0.2) is 9.37 Å². The highest BCUT2D eigenvalue weighted by molar-refractivity contribution is 5.98. The lowest BCUT2D eigenvalue weighted by atomic mass is 9.70. The van der Waals surface area contributed by atoms with Crippen molar-refractivity contribution in [3.8, 4) is 17.0 Å². The molecule has 1 saturated carbocycles. The minimum atomic E-state index is -0.629. The second-order valence-corrected chi connectivity index (χ2v) is 11.3. The molecule has 7 nitrogen and oxygen atoms in total. The summed E-state index contributed by atoms with van der Waals surface area (Å²) < 4.78 is 20.9. The maximum atomic E-state index is 15.0. The van der Waals surface area contributed by atoms with Crippen LogP contribution in [0.3, 0.4) is 0 Å². The smallest absolute Gasteiger partial charge is 0.254 e. The van der Waals surface area contributed by atoms with E-state index >= 15 is 0 Å². The van der Waals surface area contributed by atoms with Gasteiger partial charge in [0.15, 0.2) is 0 Å². The van der Waals surface area contributed by atoms with Gasteiger partial charge < -0.3 is 20.3 Å². The van der Waals surface area contributed by atoms with E-state index in [1.165, 1.54) is 36.8 Å². The van der Waals surface area contributed by atoms with Crippen molar-refractivity contribution in [1.29, 1.82) is 0 Å². The molecule has 0 spiro atoms. The van der Waals surface area contributed by atoms with Gasteiger partial charge >= 0.3 is 0 Å². The summed E-state index contributed by atoms with van der Waals surface area (Å²) in [5.41, 5.74) is 7.12. The van der Waals surface area contributed by atoms with Gasteiger partial charge in [0.1, 0.15) is 11.9 Å². The summed E-state index contributed by atoms with van der Waals surface area (Å²) in [5.74, 6) is -0.360. The molecule has 3 fully saturated rings. The number of nitrogens with two attached hydrogens (primary N) is 1. The number of nitrogens with zero attached hydrogens (tertiary/aromatic N) is 3. The molecular weight excluding hydrogens is 471 g/mol. The highest BCUT2D eigenvalue weighted by Gasteiger charge is 2.35. The number of hydrogen-bond acceptors (Lipinski definition) is 5. The number of carbonyl (C=O) groups is 2. The van der Waals surface area contributed by atoms with E-state index in [9.17, 15) is 14.0 Å². The Bertz CT molecular complexity index is 1130. The largest absolute Gasteiger partial charge is 0.477 e. The van der Waals surface area contributed by atoms with Crippen molar-refractivity contribution in [2.45, 2.75) is 57.9 Å². The molecule has 2 amide bonds. The molecule has 3 heterocycles. The van der Waals surface area contributed by atoms with Crippen LogP contribution in [0.15, 0.2) is 36.5 Å². The molecule has 2 N–H and O–H groups in total. The normalized spacial score (nSPS) is 22.0. The molecule has 8 heteroatoms. The van der Waals surface area contributed by atoms with Crippen LogP contribution < -0.4 is 10.5 Å². The second-order valence-electron chi connectivity index (χ2n) is 11.3. The number of carbonyl (C=O) groups excluding carboxylic acids is 2. The van der Waals surface area contributed by atoms with Crippen LogP contribution in [0.4, 0.5) is 4.39 Å². The number of benzene rings is 1. The molecule has 198 valence electrons. The van der Waals surface area contributed by atoms with Crippen LogP contribution in [0.5, 0.6) is 5.88 Å². The second kappa shape index (κ2) is 10.8. The molecule has 2 saturated heterocycles. The summed E-state index contributed by atoms with van der Waals surface area (Å²) in [6.45, 7) is 6.99. The molecule has 2 aliphatic heterocycles. The Morgan fingerprint density at radius 3 is 2.51 bits per heavy atom. The summed E-state index contributed by atoms with van der Waals surface area (Å²) in [6, 6.07) is 7.30. The first-order valence-electron chi connectivity index (χ1n) is 13.5. The van der Waals surface area contributed by atoms with E-state index in [0.29, 0.717) is 54.3 Å². The fourth-order valence-corrected chi connectivity index (χ4v) is 5.97. The van der Waals surface area contributed by atoms with Gasteiger partial charge in [-0.1, -0.05) is 19.4 Å². The molecule has 37 heavy (non-hydrogen) atoms. The van der Waals surface area contributed by atoms with Gasteiger partial charge in [0, 0.05) is 42.0 Å². The van der Waals surface area contributed by atoms with Crippen LogP contribution in [-0.2, 0) is 4.79 Å². The average molecular weight is 509 g/mol. The Labute approximate surface area is 218 Å². The average Bonchev–Trinajstić information content (AvgIpc) is 3.38. The number of piperidine rings is 1. The number of primary amides is 1. The highest BCUT2D eigenvalue weighted by Crippen LogP contribution is 2.41. The third-order valence-corrected chi connectivity index (χ3v) is 8.45. The molecule has 5 rings (SSSR count). The molecule has 1 unspecified atom stereocenters. The molecule has 2 aromatic rings. The maximum absolute atomic E-state index is 15.0. The van der Waals surface area contributed by atoms with Gasteiger partial charge in [-0.15, -0.1) is 0 Å². The number of ether oxygens (including phenoxy) is 1. The van der Waals surface area contributed by atoms with Crippen molar-refractivity contribution >= 4 is 11.8 Å². The summed E-state index contributed by atoms with van der Waals surface area (Å²) in [6.07, 6.45) is 9.23. The first-order valence-corrected chi connectivity index (χ1v) is 13.5. The zero-order chi connectivity index (χ0) is 26.0. The zero-order valence-electron chi connectivity index (χ0n) is 21.6. The minimum absolute atomic E-state index is 0.204. The van der Waals surface area contributed by atoms with Crippen molar-refractivity contribution in [3.63, 3.8) is 0 Å². The fraction of sp³-hybridized carbons (Fsp3) is 0.552. The van der Waals surface area contributed by atoms with Gasteiger partial charge in [-0.05, 0) is 81.1 Å². The summed E-state index contributed by atoms with van der Waals surface area (Å²) in [7, 11) is 0. The molecule has 3 aliphatic rings. The van der Waals surface area contributed by atoms with Gasteiger partial charge in [0.25, 0.3) is 5.91 Å². The number of likely N-dealkylation sites (tertiary alicyclic amines) is 2. The number of halogens is 1. The van der Waals surface area contributed by atoms with Crippen molar-refractivity contribution < 1.29 is 18.7 Å². The van der Waals surface area contributed by atoms with E-state index in [0.717, 1.165) is 25.9 Å².